The first-order valence-corrected chi connectivity index (χ1v) is 7.40. The van der Waals surface area contributed by atoms with Crippen LogP contribution >= 0.6 is 27.7 Å². The molecule has 1 aromatic heterocycles. The van der Waals surface area contributed by atoms with Crippen molar-refractivity contribution >= 4 is 27.7 Å². The number of halogens is 1. The molecule has 19 heavy (non-hydrogen) atoms. The number of nitrogens with zero attached hydrogens (tertiary/aromatic N) is 2. The lowest BCUT2D eigenvalue weighted by Crippen LogP contribution is -2.15. The van der Waals surface area contributed by atoms with E-state index in [1.165, 1.54) is 0 Å². The summed E-state index contributed by atoms with van der Waals surface area (Å²) in [5.74, 6) is 2.34. The number of hydrogen-bond acceptors (Lipinski definition) is 5. The molecular weight excluding hydrogens is 328 g/mol. The highest BCUT2D eigenvalue weighted by Crippen LogP contribution is 2.36. The highest BCUT2D eigenvalue weighted by atomic mass is 79.9. The lowest BCUT2D eigenvalue weighted by Gasteiger charge is -2.18. The fraction of sp³-hybridized carbons (Fsp3) is 0.231. The molecule has 1 aliphatic rings. The van der Waals surface area contributed by atoms with Crippen LogP contribution in [0.3, 0.4) is 0 Å². The van der Waals surface area contributed by atoms with Gasteiger partial charge in [-0.2, -0.15) is 0 Å². The minimum atomic E-state index is 0.597. The Morgan fingerprint density at radius 1 is 1.11 bits per heavy atom. The SMILES string of the molecule is Cc1nc(Br)cc(Sc2ccc3c(c2)OCCO3)n1. The first-order chi connectivity index (χ1) is 9.20. The molecule has 1 aliphatic heterocycles. The maximum atomic E-state index is 5.57. The van der Waals surface area contributed by atoms with E-state index in [9.17, 15) is 0 Å². The Kier molecular flexibility index (Phi) is 3.61. The van der Waals surface area contributed by atoms with Crippen LogP contribution in [0.2, 0.25) is 0 Å². The van der Waals surface area contributed by atoms with E-state index in [1.54, 1.807) is 11.8 Å². The van der Waals surface area contributed by atoms with E-state index < -0.39 is 0 Å². The molecule has 2 aromatic rings. The van der Waals surface area contributed by atoms with E-state index in [1.807, 2.05) is 31.2 Å². The van der Waals surface area contributed by atoms with Crippen LogP contribution in [0.15, 0.2) is 38.8 Å². The number of ether oxygens (including phenoxy) is 2. The van der Waals surface area contributed by atoms with Crippen molar-refractivity contribution in [1.29, 1.82) is 0 Å². The van der Waals surface area contributed by atoms with Crippen LogP contribution in [-0.4, -0.2) is 23.2 Å². The van der Waals surface area contributed by atoms with Gasteiger partial charge in [-0.05, 0) is 41.1 Å². The molecule has 1 aromatic carbocycles. The predicted molar refractivity (Wildman–Crippen MR) is 76.0 cm³/mol. The Morgan fingerprint density at radius 2 is 1.89 bits per heavy atom. The quantitative estimate of drug-likeness (QED) is 0.784. The zero-order chi connectivity index (χ0) is 13.2. The Balaban J connectivity index is 1.86. The fourth-order valence-corrected chi connectivity index (χ4v) is 3.28. The average Bonchev–Trinajstić information content (AvgIpc) is 2.37. The third-order valence-corrected chi connectivity index (χ3v) is 3.83. The molecule has 3 rings (SSSR count). The Morgan fingerprint density at radius 3 is 2.68 bits per heavy atom. The van der Waals surface area contributed by atoms with Gasteiger partial charge < -0.3 is 9.47 Å². The Labute approximate surface area is 123 Å². The highest BCUT2D eigenvalue weighted by Gasteiger charge is 2.12. The fourth-order valence-electron chi connectivity index (χ4n) is 1.77. The molecule has 0 aliphatic carbocycles. The lowest BCUT2D eigenvalue weighted by atomic mass is 10.3. The number of aryl methyl sites for hydroxylation is 1. The molecule has 0 unspecified atom stereocenters. The lowest BCUT2D eigenvalue weighted by molar-refractivity contribution is 0.171. The molecule has 0 bridgehead atoms. The second-order valence-corrected chi connectivity index (χ2v) is 5.89. The van der Waals surface area contributed by atoms with Crippen LogP contribution in [0.5, 0.6) is 11.5 Å². The summed E-state index contributed by atoms with van der Waals surface area (Å²) in [5.41, 5.74) is 0. The van der Waals surface area contributed by atoms with Crippen molar-refractivity contribution < 1.29 is 9.47 Å². The number of rotatable bonds is 2. The molecule has 0 atom stereocenters. The van der Waals surface area contributed by atoms with Gasteiger partial charge in [-0.1, -0.05) is 11.8 Å². The second kappa shape index (κ2) is 5.38. The molecule has 2 heterocycles. The van der Waals surface area contributed by atoms with E-state index in [4.69, 9.17) is 9.47 Å². The van der Waals surface area contributed by atoms with E-state index >= 15 is 0 Å². The smallest absolute Gasteiger partial charge is 0.162 e. The minimum absolute atomic E-state index is 0.597. The molecule has 0 saturated heterocycles. The van der Waals surface area contributed by atoms with Crippen LogP contribution in [0.25, 0.3) is 0 Å². The minimum Gasteiger partial charge on any atom is -0.486 e. The maximum absolute atomic E-state index is 5.57. The Bertz CT molecular complexity index is 601. The van der Waals surface area contributed by atoms with Gasteiger partial charge >= 0.3 is 0 Å². The van der Waals surface area contributed by atoms with E-state index in [0.29, 0.717) is 13.2 Å². The zero-order valence-corrected chi connectivity index (χ0v) is 12.6. The third kappa shape index (κ3) is 3.01. The third-order valence-electron chi connectivity index (χ3n) is 2.52. The van der Waals surface area contributed by atoms with Crippen molar-refractivity contribution in [2.75, 3.05) is 13.2 Å². The molecule has 6 heteroatoms. The molecule has 0 saturated carbocycles. The summed E-state index contributed by atoms with van der Waals surface area (Å²) >= 11 is 4.95. The van der Waals surface area contributed by atoms with Crippen LogP contribution in [0.1, 0.15) is 5.82 Å². The molecule has 98 valence electrons. The molecule has 0 amide bonds. The highest BCUT2D eigenvalue weighted by molar-refractivity contribution is 9.10. The number of benzene rings is 1. The van der Waals surface area contributed by atoms with E-state index in [0.717, 1.165) is 31.8 Å². The second-order valence-electron chi connectivity index (χ2n) is 3.98. The van der Waals surface area contributed by atoms with E-state index in [-0.39, 0.29) is 0 Å². The molecule has 0 fully saturated rings. The van der Waals surface area contributed by atoms with E-state index in [2.05, 4.69) is 25.9 Å². The van der Waals surface area contributed by atoms with Crippen molar-refractivity contribution in [3.63, 3.8) is 0 Å². The summed E-state index contributed by atoms with van der Waals surface area (Å²) in [7, 11) is 0. The van der Waals surface area contributed by atoms with Crippen LogP contribution in [0, 0.1) is 6.92 Å². The van der Waals surface area contributed by atoms with Crippen molar-refractivity contribution in [3.8, 4) is 11.5 Å². The maximum Gasteiger partial charge on any atom is 0.162 e. The summed E-state index contributed by atoms with van der Waals surface area (Å²) in [6, 6.07) is 7.81. The standard InChI is InChI=1S/C13H11BrN2O2S/c1-8-15-12(14)7-13(16-8)19-9-2-3-10-11(6-9)18-5-4-17-10/h2-3,6-7H,4-5H2,1H3. The van der Waals surface area contributed by atoms with Crippen molar-refractivity contribution in [1.82, 2.24) is 9.97 Å². The summed E-state index contributed by atoms with van der Waals surface area (Å²) < 4.78 is 11.9. The molecule has 4 nitrogen and oxygen atoms in total. The number of aromatic nitrogens is 2. The summed E-state index contributed by atoms with van der Waals surface area (Å²) in [5, 5.41) is 0.899. The van der Waals surface area contributed by atoms with Gasteiger partial charge in [0.2, 0.25) is 0 Å². The predicted octanol–water partition coefficient (Wildman–Crippen LogP) is 3.47. The normalized spacial score (nSPS) is 13.4. The van der Waals surface area contributed by atoms with Gasteiger partial charge in [-0.3, -0.25) is 0 Å². The number of hydrogen-bond donors (Lipinski definition) is 0. The first-order valence-electron chi connectivity index (χ1n) is 5.79. The summed E-state index contributed by atoms with van der Waals surface area (Å²) in [6.45, 7) is 3.08. The molecule has 0 spiro atoms. The van der Waals surface area contributed by atoms with Gasteiger partial charge in [-0.15, -0.1) is 0 Å². The average molecular weight is 339 g/mol. The molecule has 0 radical (unpaired) electrons. The number of fused-ring (bicyclic) bond motifs is 1. The van der Waals surface area contributed by atoms with Crippen LogP contribution < -0.4 is 9.47 Å². The topological polar surface area (TPSA) is 44.2 Å². The van der Waals surface area contributed by atoms with Crippen molar-refractivity contribution in [3.05, 3.63) is 34.7 Å². The van der Waals surface area contributed by atoms with Gasteiger partial charge in [0.25, 0.3) is 0 Å². The van der Waals surface area contributed by atoms with Crippen LogP contribution in [-0.2, 0) is 0 Å². The van der Waals surface area contributed by atoms with Gasteiger partial charge in [0.05, 0.1) is 0 Å². The van der Waals surface area contributed by atoms with Gasteiger partial charge in [0.1, 0.15) is 28.7 Å². The van der Waals surface area contributed by atoms with Gasteiger partial charge in [0, 0.05) is 11.0 Å². The van der Waals surface area contributed by atoms with Crippen LogP contribution in [0.4, 0.5) is 0 Å². The monoisotopic (exact) mass is 338 g/mol. The summed E-state index contributed by atoms with van der Waals surface area (Å²) in [4.78, 5) is 9.65. The van der Waals surface area contributed by atoms with Gasteiger partial charge in [-0.25, -0.2) is 9.97 Å². The zero-order valence-electron chi connectivity index (χ0n) is 10.2. The molecular formula is C13H11BrN2O2S. The first kappa shape index (κ1) is 12.7. The Hall–Kier alpha value is -1.27. The van der Waals surface area contributed by atoms with Crippen molar-refractivity contribution in [2.45, 2.75) is 16.8 Å². The largest absolute Gasteiger partial charge is 0.486 e. The van der Waals surface area contributed by atoms with Crippen molar-refractivity contribution in [2.24, 2.45) is 0 Å². The molecule has 0 N–H and O–H groups in total. The summed E-state index contributed by atoms with van der Waals surface area (Å²) in [6.07, 6.45) is 0. The van der Waals surface area contributed by atoms with Gasteiger partial charge in [0.15, 0.2) is 11.5 Å².